The van der Waals surface area contributed by atoms with E-state index in [0.29, 0.717) is 16.7 Å². The number of rotatable bonds is 9. The minimum Gasteiger partial charge on any atom is -0.298 e. The molecular weight excluding hydrogens is 364 g/mol. The molecule has 0 aliphatic heterocycles. The van der Waals surface area contributed by atoms with Gasteiger partial charge in [-0.2, -0.15) is 0 Å². The van der Waals surface area contributed by atoms with Gasteiger partial charge < -0.3 is 0 Å². The van der Waals surface area contributed by atoms with E-state index >= 15 is 0 Å². The van der Waals surface area contributed by atoms with Gasteiger partial charge in [0.2, 0.25) is 11.6 Å². The van der Waals surface area contributed by atoms with Crippen molar-refractivity contribution in [1.29, 1.82) is 0 Å². The van der Waals surface area contributed by atoms with Gasteiger partial charge in [-0.05, 0) is 5.56 Å². The van der Waals surface area contributed by atoms with Crippen LogP contribution in [0, 0.1) is 0 Å². The molecule has 0 aliphatic carbocycles. The van der Waals surface area contributed by atoms with Crippen molar-refractivity contribution in [3.05, 3.63) is 108 Å². The molecule has 29 heavy (non-hydrogen) atoms. The molecule has 3 aromatic carbocycles. The fraction of sp³-hybridized carbons (Fsp3) is 0.120. The summed E-state index contributed by atoms with van der Waals surface area (Å²) in [6.07, 6.45) is -0.395. The lowest BCUT2D eigenvalue weighted by molar-refractivity contribution is -0.122. The highest BCUT2D eigenvalue weighted by Crippen LogP contribution is 2.24. The summed E-state index contributed by atoms with van der Waals surface area (Å²) in [4.78, 5) is 50.4. The molecule has 0 aromatic heterocycles. The standard InChI is InChI=1S/C25H20O4/c26-21(16-17-22(27)24(28)19-12-6-2-7-13-19)23(18-10-4-1-5-11-18)25(29)20-14-8-3-9-15-20/h1-15,23H,16-17H2. The van der Waals surface area contributed by atoms with Gasteiger partial charge in [0.25, 0.3) is 0 Å². The normalized spacial score (nSPS) is 11.4. The van der Waals surface area contributed by atoms with Crippen LogP contribution in [-0.2, 0) is 9.59 Å². The quantitative estimate of drug-likeness (QED) is 0.310. The van der Waals surface area contributed by atoms with Crippen molar-refractivity contribution in [2.24, 2.45) is 0 Å². The molecule has 4 nitrogen and oxygen atoms in total. The number of ketones is 4. The molecule has 0 N–H and O–H groups in total. The van der Waals surface area contributed by atoms with Gasteiger partial charge in [0.1, 0.15) is 11.7 Å². The minimum absolute atomic E-state index is 0.171. The Labute approximate surface area is 169 Å². The summed E-state index contributed by atoms with van der Waals surface area (Å²) < 4.78 is 0. The molecule has 1 atom stereocenters. The number of carbonyl (C=O) groups excluding carboxylic acids is 4. The van der Waals surface area contributed by atoms with Crippen LogP contribution in [0.2, 0.25) is 0 Å². The third-order valence-electron chi connectivity index (χ3n) is 4.66. The average molecular weight is 384 g/mol. The van der Waals surface area contributed by atoms with Crippen LogP contribution in [0.5, 0.6) is 0 Å². The predicted octanol–water partition coefficient (Wildman–Crippen LogP) is 4.45. The largest absolute Gasteiger partial charge is 0.298 e. The first-order valence-corrected chi connectivity index (χ1v) is 9.37. The highest BCUT2D eigenvalue weighted by molar-refractivity contribution is 6.43. The summed E-state index contributed by atoms with van der Waals surface area (Å²) in [6.45, 7) is 0. The van der Waals surface area contributed by atoms with Crippen LogP contribution in [0.15, 0.2) is 91.0 Å². The number of benzene rings is 3. The Morgan fingerprint density at radius 1 is 0.586 bits per heavy atom. The van der Waals surface area contributed by atoms with E-state index in [9.17, 15) is 19.2 Å². The van der Waals surface area contributed by atoms with Crippen LogP contribution in [0.1, 0.15) is 45.0 Å². The lowest BCUT2D eigenvalue weighted by atomic mass is 9.85. The summed E-state index contributed by atoms with van der Waals surface area (Å²) >= 11 is 0. The van der Waals surface area contributed by atoms with Crippen LogP contribution in [0.4, 0.5) is 0 Å². The fourth-order valence-corrected chi connectivity index (χ4v) is 3.14. The van der Waals surface area contributed by atoms with E-state index in [1.54, 1.807) is 91.0 Å². The van der Waals surface area contributed by atoms with Crippen molar-refractivity contribution < 1.29 is 19.2 Å². The van der Waals surface area contributed by atoms with Crippen molar-refractivity contribution in [2.45, 2.75) is 18.8 Å². The summed E-state index contributed by atoms with van der Waals surface area (Å²) in [6, 6.07) is 25.6. The lowest BCUT2D eigenvalue weighted by Gasteiger charge is -2.15. The summed E-state index contributed by atoms with van der Waals surface area (Å²) in [5, 5.41) is 0. The Morgan fingerprint density at radius 3 is 1.62 bits per heavy atom. The molecule has 144 valence electrons. The third-order valence-corrected chi connectivity index (χ3v) is 4.66. The minimum atomic E-state index is -1.00. The predicted molar refractivity (Wildman–Crippen MR) is 110 cm³/mol. The van der Waals surface area contributed by atoms with Gasteiger partial charge in [0.15, 0.2) is 5.78 Å². The Kier molecular flexibility index (Phi) is 6.59. The van der Waals surface area contributed by atoms with Crippen molar-refractivity contribution >= 4 is 23.1 Å². The number of carbonyl (C=O) groups is 4. The second-order valence-electron chi connectivity index (χ2n) is 6.66. The van der Waals surface area contributed by atoms with Crippen molar-refractivity contribution in [1.82, 2.24) is 0 Å². The highest BCUT2D eigenvalue weighted by atomic mass is 16.2. The zero-order valence-corrected chi connectivity index (χ0v) is 15.8. The van der Waals surface area contributed by atoms with Crippen molar-refractivity contribution in [3.63, 3.8) is 0 Å². The maximum atomic E-state index is 13.0. The molecule has 0 saturated heterocycles. The SMILES string of the molecule is O=C(CCC(=O)C(C(=O)c1ccccc1)c1ccccc1)C(=O)c1ccccc1. The smallest absolute Gasteiger partial charge is 0.228 e. The van der Waals surface area contributed by atoms with E-state index in [4.69, 9.17) is 0 Å². The Morgan fingerprint density at radius 2 is 1.07 bits per heavy atom. The van der Waals surface area contributed by atoms with E-state index in [-0.39, 0.29) is 24.4 Å². The maximum absolute atomic E-state index is 13.0. The molecule has 3 aromatic rings. The van der Waals surface area contributed by atoms with Crippen LogP contribution in [-0.4, -0.2) is 23.1 Å². The van der Waals surface area contributed by atoms with Gasteiger partial charge in [-0.25, -0.2) is 0 Å². The van der Waals surface area contributed by atoms with E-state index in [1.807, 2.05) is 0 Å². The van der Waals surface area contributed by atoms with Crippen LogP contribution >= 0.6 is 0 Å². The molecule has 0 amide bonds. The number of Topliss-reactive ketones (excluding diaryl/α,β-unsaturated/α-hetero) is 4. The zero-order chi connectivity index (χ0) is 20.6. The second-order valence-corrected chi connectivity index (χ2v) is 6.66. The van der Waals surface area contributed by atoms with Gasteiger partial charge in [-0.1, -0.05) is 91.0 Å². The zero-order valence-electron chi connectivity index (χ0n) is 15.8. The van der Waals surface area contributed by atoms with E-state index in [2.05, 4.69) is 0 Å². The fourth-order valence-electron chi connectivity index (χ4n) is 3.14. The molecule has 0 radical (unpaired) electrons. The van der Waals surface area contributed by atoms with Gasteiger partial charge in [-0.3, -0.25) is 19.2 Å². The third kappa shape index (κ3) is 4.99. The summed E-state index contributed by atoms with van der Waals surface area (Å²) in [7, 11) is 0. The molecule has 1 unspecified atom stereocenters. The number of hydrogen-bond acceptors (Lipinski definition) is 4. The molecule has 4 heteroatoms. The molecular formula is C25H20O4. The molecule has 0 spiro atoms. The first-order chi connectivity index (χ1) is 14.1. The highest BCUT2D eigenvalue weighted by Gasteiger charge is 2.29. The summed E-state index contributed by atoms with van der Waals surface area (Å²) in [5.74, 6) is -2.95. The van der Waals surface area contributed by atoms with Crippen molar-refractivity contribution in [2.75, 3.05) is 0 Å². The van der Waals surface area contributed by atoms with Crippen molar-refractivity contribution in [3.8, 4) is 0 Å². The number of hydrogen-bond donors (Lipinski definition) is 0. The van der Waals surface area contributed by atoms with Gasteiger partial charge in [-0.15, -0.1) is 0 Å². The molecule has 0 heterocycles. The van der Waals surface area contributed by atoms with Gasteiger partial charge in [0, 0.05) is 24.0 Å². The lowest BCUT2D eigenvalue weighted by Crippen LogP contribution is -2.24. The van der Waals surface area contributed by atoms with Crippen LogP contribution < -0.4 is 0 Å². The monoisotopic (exact) mass is 384 g/mol. The van der Waals surface area contributed by atoms with E-state index in [0.717, 1.165) is 0 Å². The van der Waals surface area contributed by atoms with Crippen LogP contribution in [0.25, 0.3) is 0 Å². The average Bonchev–Trinajstić information content (AvgIpc) is 2.79. The topological polar surface area (TPSA) is 68.3 Å². The van der Waals surface area contributed by atoms with Gasteiger partial charge >= 0.3 is 0 Å². The van der Waals surface area contributed by atoms with Gasteiger partial charge in [0.05, 0.1) is 0 Å². The Balaban J connectivity index is 1.76. The van der Waals surface area contributed by atoms with Crippen LogP contribution in [0.3, 0.4) is 0 Å². The first-order valence-electron chi connectivity index (χ1n) is 9.37. The van der Waals surface area contributed by atoms with E-state index < -0.39 is 17.5 Å². The second kappa shape index (κ2) is 9.51. The summed E-state index contributed by atoms with van der Waals surface area (Å²) in [5.41, 5.74) is 1.31. The molecule has 0 bridgehead atoms. The molecule has 0 aliphatic rings. The maximum Gasteiger partial charge on any atom is 0.228 e. The molecule has 0 fully saturated rings. The Hall–Kier alpha value is -3.66. The van der Waals surface area contributed by atoms with E-state index in [1.165, 1.54) is 0 Å². The Bertz CT molecular complexity index is 1010. The molecule has 0 saturated carbocycles. The molecule has 3 rings (SSSR count). The first kappa shape index (κ1) is 20.1.